The SMILES string of the molecule is COC(CN)CC(=O)N1CCSCC1C(=O)O. The average molecular weight is 262 g/mol. The number of nitrogens with two attached hydrogens (primary N) is 1. The normalized spacial score (nSPS) is 22.2. The van der Waals surface area contributed by atoms with E-state index in [4.69, 9.17) is 15.6 Å². The van der Waals surface area contributed by atoms with Crippen LogP contribution in [-0.4, -0.2) is 65.7 Å². The number of rotatable bonds is 5. The maximum atomic E-state index is 12.0. The molecule has 98 valence electrons. The molecule has 6 nitrogen and oxygen atoms in total. The molecule has 1 saturated heterocycles. The number of carbonyl (C=O) groups is 2. The van der Waals surface area contributed by atoms with Crippen molar-refractivity contribution in [2.24, 2.45) is 5.73 Å². The van der Waals surface area contributed by atoms with Crippen molar-refractivity contribution >= 4 is 23.6 Å². The van der Waals surface area contributed by atoms with E-state index in [1.165, 1.54) is 12.0 Å². The van der Waals surface area contributed by atoms with Gasteiger partial charge in [0.15, 0.2) is 0 Å². The Labute approximate surface area is 104 Å². The van der Waals surface area contributed by atoms with E-state index in [-0.39, 0.29) is 25.0 Å². The Morgan fingerprint density at radius 3 is 2.88 bits per heavy atom. The predicted octanol–water partition coefficient (Wildman–Crippen LogP) is -0.621. The van der Waals surface area contributed by atoms with Gasteiger partial charge in [0.2, 0.25) is 5.91 Å². The number of carboxylic acids is 1. The average Bonchev–Trinajstić information content (AvgIpc) is 2.35. The van der Waals surface area contributed by atoms with E-state index in [9.17, 15) is 9.59 Å². The van der Waals surface area contributed by atoms with E-state index >= 15 is 0 Å². The molecule has 1 aliphatic rings. The predicted molar refractivity (Wildman–Crippen MR) is 64.9 cm³/mol. The molecule has 1 heterocycles. The van der Waals surface area contributed by atoms with Gasteiger partial charge in [-0.25, -0.2) is 4.79 Å². The topological polar surface area (TPSA) is 92.9 Å². The Kier molecular flexibility index (Phi) is 5.73. The largest absolute Gasteiger partial charge is 0.480 e. The van der Waals surface area contributed by atoms with Gasteiger partial charge in [-0.15, -0.1) is 0 Å². The number of carboxylic acid groups (broad SMARTS) is 1. The monoisotopic (exact) mass is 262 g/mol. The van der Waals surface area contributed by atoms with Gasteiger partial charge in [-0.05, 0) is 0 Å². The van der Waals surface area contributed by atoms with Crippen LogP contribution in [-0.2, 0) is 14.3 Å². The number of nitrogens with zero attached hydrogens (tertiary/aromatic N) is 1. The Bertz CT molecular complexity index is 283. The van der Waals surface area contributed by atoms with Gasteiger partial charge in [0.05, 0.1) is 12.5 Å². The van der Waals surface area contributed by atoms with Gasteiger partial charge in [0, 0.05) is 31.7 Å². The molecule has 1 fully saturated rings. The highest BCUT2D eigenvalue weighted by molar-refractivity contribution is 7.99. The first-order valence-corrected chi connectivity index (χ1v) is 6.58. The van der Waals surface area contributed by atoms with Crippen molar-refractivity contribution < 1.29 is 19.4 Å². The number of aliphatic carboxylic acids is 1. The third-order valence-electron chi connectivity index (χ3n) is 2.73. The molecule has 1 aliphatic heterocycles. The zero-order valence-corrected chi connectivity index (χ0v) is 10.6. The van der Waals surface area contributed by atoms with Crippen LogP contribution in [0.2, 0.25) is 0 Å². The smallest absolute Gasteiger partial charge is 0.327 e. The quantitative estimate of drug-likeness (QED) is 0.686. The Morgan fingerprint density at radius 2 is 2.35 bits per heavy atom. The van der Waals surface area contributed by atoms with E-state index < -0.39 is 12.0 Å². The van der Waals surface area contributed by atoms with Crippen LogP contribution < -0.4 is 5.73 Å². The van der Waals surface area contributed by atoms with Gasteiger partial charge in [-0.2, -0.15) is 11.8 Å². The second-order valence-corrected chi connectivity index (χ2v) is 4.96. The first-order valence-electron chi connectivity index (χ1n) is 5.43. The number of hydrogen-bond donors (Lipinski definition) is 2. The number of carbonyl (C=O) groups excluding carboxylic acids is 1. The molecule has 0 aromatic heterocycles. The zero-order chi connectivity index (χ0) is 12.8. The minimum absolute atomic E-state index is 0.140. The number of methoxy groups -OCH3 is 1. The molecule has 0 aliphatic carbocycles. The van der Waals surface area contributed by atoms with Crippen LogP contribution in [0.3, 0.4) is 0 Å². The highest BCUT2D eigenvalue weighted by atomic mass is 32.2. The second kappa shape index (κ2) is 6.83. The van der Waals surface area contributed by atoms with Crippen molar-refractivity contribution in [1.29, 1.82) is 0 Å². The number of ether oxygens (including phenoxy) is 1. The lowest BCUT2D eigenvalue weighted by Crippen LogP contribution is -2.51. The summed E-state index contributed by atoms with van der Waals surface area (Å²) in [5.41, 5.74) is 5.44. The molecule has 0 aromatic rings. The maximum Gasteiger partial charge on any atom is 0.327 e. The van der Waals surface area contributed by atoms with Crippen LogP contribution in [0.15, 0.2) is 0 Å². The summed E-state index contributed by atoms with van der Waals surface area (Å²) in [6.07, 6.45) is -0.201. The molecular weight excluding hydrogens is 244 g/mol. The van der Waals surface area contributed by atoms with Crippen LogP contribution in [0.25, 0.3) is 0 Å². The van der Waals surface area contributed by atoms with Crippen LogP contribution in [0.5, 0.6) is 0 Å². The number of thioether (sulfide) groups is 1. The molecule has 0 radical (unpaired) electrons. The van der Waals surface area contributed by atoms with Crippen molar-refractivity contribution in [2.75, 3.05) is 31.7 Å². The van der Waals surface area contributed by atoms with Gasteiger partial charge < -0.3 is 20.5 Å². The molecule has 3 N–H and O–H groups in total. The molecule has 17 heavy (non-hydrogen) atoms. The number of amides is 1. The second-order valence-electron chi connectivity index (χ2n) is 3.81. The summed E-state index contributed by atoms with van der Waals surface area (Å²) in [5.74, 6) is 0.0687. The lowest BCUT2D eigenvalue weighted by Gasteiger charge is -2.33. The Balaban J connectivity index is 2.61. The minimum atomic E-state index is -0.952. The first-order chi connectivity index (χ1) is 8.10. The maximum absolute atomic E-state index is 12.0. The minimum Gasteiger partial charge on any atom is -0.480 e. The van der Waals surface area contributed by atoms with Gasteiger partial charge in [0.1, 0.15) is 6.04 Å². The van der Waals surface area contributed by atoms with Gasteiger partial charge in [-0.3, -0.25) is 4.79 Å². The molecule has 7 heteroatoms. The molecular formula is C10H18N2O4S. The van der Waals surface area contributed by atoms with Gasteiger partial charge >= 0.3 is 5.97 Å². The van der Waals surface area contributed by atoms with Crippen molar-refractivity contribution in [3.05, 3.63) is 0 Å². The number of hydrogen-bond acceptors (Lipinski definition) is 5. The summed E-state index contributed by atoms with van der Waals surface area (Å²) < 4.78 is 5.03. The highest BCUT2D eigenvalue weighted by Gasteiger charge is 2.32. The van der Waals surface area contributed by atoms with Crippen molar-refractivity contribution in [3.63, 3.8) is 0 Å². The molecule has 0 saturated carbocycles. The van der Waals surface area contributed by atoms with Crippen molar-refractivity contribution in [1.82, 2.24) is 4.90 Å². The van der Waals surface area contributed by atoms with Gasteiger partial charge in [-0.1, -0.05) is 0 Å². The summed E-state index contributed by atoms with van der Waals surface area (Å²) >= 11 is 1.55. The lowest BCUT2D eigenvalue weighted by atomic mass is 10.2. The molecule has 2 atom stereocenters. The van der Waals surface area contributed by atoms with Gasteiger partial charge in [0.25, 0.3) is 0 Å². The Morgan fingerprint density at radius 1 is 1.65 bits per heavy atom. The fourth-order valence-electron chi connectivity index (χ4n) is 1.68. The molecule has 1 amide bonds. The molecule has 0 aromatic carbocycles. The molecule has 2 unspecified atom stereocenters. The van der Waals surface area contributed by atoms with E-state index in [1.807, 2.05) is 0 Å². The summed E-state index contributed by atoms with van der Waals surface area (Å²) in [4.78, 5) is 24.4. The zero-order valence-electron chi connectivity index (χ0n) is 9.80. The third-order valence-corrected chi connectivity index (χ3v) is 3.76. The van der Waals surface area contributed by atoms with Crippen LogP contribution in [0.4, 0.5) is 0 Å². The van der Waals surface area contributed by atoms with Crippen LogP contribution in [0.1, 0.15) is 6.42 Å². The van der Waals surface area contributed by atoms with E-state index in [1.54, 1.807) is 11.8 Å². The fraction of sp³-hybridized carbons (Fsp3) is 0.800. The molecule has 0 bridgehead atoms. The van der Waals surface area contributed by atoms with E-state index in [0.717, 1.165) is 5.75 Å². The lowest BCUT2D eigenvalue weighted by molar-refractivity contribution is -0.150. The first kappa shape index (κ1) is 14.3. The highest BCUT2D eigenvalue weighted by Crippen LogP contribution is 2.18. The molecule has 1 rings (SSSR count). The van der Waals surface area contributed by atoms with Crippen LogP contribution in [0, 0.1) is 0 Å². The van der Waals surface area contributed by atoms with Crippen molar-refractivity contribution in [3.8, 4) is 0 Å². The van der Waals surface area contributed by atoms with Crippen LogP contribution >= 0.6 is 11.8 Å². The fourth-order valence-corrected chi connectivity index (χ4v) is 2.72. The summed E-state index contributed by atoms with van der Waals surface area (Å²) in [7, 11) is 1.49. The Hall–Kier alpha value is -0.790. The summed E-state index contributed by atoms with van der Waals surface area (Å²) in [5, 5.41) is 9.04. The third kappa shape index (κ3) is 3.86. The standard InChI is InChI=1S/C10H18N2O4S/c1-16-7(5-11)4-9(13)12-2-3-17-6-8(12)10(14)15/h7-8H,2-6,11H2,1H3,(H,14,15). The van der Waals surface area contributed by atoms with E-state index in [2.05, 4.69) is 0 Å². The summed E-state index contributed by atoms with van der Waals surface area (Å²) in [6.45, 7) is 0.726. The molecule has 0 spiro atoms. The van der Waals surface area contributed by atoms with E-state index in [0.29, 0.717) is 12.3 Å². The summed E-state index contributed by atoms with van der Waals surface area (Å²) in [6, 6.07) is -0.725. The van der Waals surface area contributed by atoms with Crippen molar-refractivity contribution in [2.45, 2.75) is 18.6 Å².